The second kappa shape index (κ2) is 5.96. The zero-order valence-electron chi connectivity index (χ0n) is 12.6. The molecule has 20 heavy (non-hydrogen) atoms. The summed E-state index contributed by atoms with van der Waals surface area (Å²) in [5.74, 6) is 0.410. The van der Waals surface area contributed by atoms with Crippen LogP contribution in [-0.2, 0) is 5.41 Å². The molecule has 1 aliphatic carbocycles. The van der Waals surface area contributed by atoms with Crippen LogP contribution in [0, 0.1) is 5.92 Å². The molecule has 1 fully saturated rings. The first-order valence-electron chi connectivity index (χ1n) is 7.43. The molecule has 0 aliphatic heterocycles. The van der Waals surface area contributed by atoms with Crippen molar-refractivity contribution in [1.82, 2.24) is 5.32 Å². The van der Waals surface area contributed by atoms with E-state index in [2.05, 4.69) is 26.1 Å². The largest absolute Gasteiger partial charge is 0.393 e. The molecule has 1 saturated carbocycles. The fraction of sp³-hybridized carbons (Fsp3) is 0.588. The van der Waals surface area contributed by atoms with Gasteiger partial charge in [0.15, 0.2) is 0 Å². The maximum absolute atomic E-state index is 12.4. The van der Waals surface area contributed by atoms with Crippen molar-refractivity contribution in [3.05, 3.63) is 35.4 Å². The van der Waals surface area contributed by atoms with Gasteiger partial charge in [-0.05, 0) is 42.2 Å². The Bertz CT molecular complexity index is 476. The number of nitrogens with one attached hydrogen (secondary N) is 1. The van der Waals surface area contributed by atoms with Crippen LogP contribution in [0.2, 0.25) is 0 Å². The molecular weight excluding hydrogens is 250 g/mol. The summed E-state index contributed by atoms with van der Waals surface area (Å²) in [5, 5.41) is 12.5. The lowest BCUT2D eigenvalue weighted by Crippen LogP contribution is -2.30. The van der Waals surface area contributed by atoms with Crippen LogP contribution in [0.5, 0.6) is 0 Å². The Kier molecular flexibility index (Phi) is 4.48. The minimum absolute atomic E-state index is 0.00286. The van der Waals surface area contributed by atoms with Crippen LogP contribution in [-0.4, -0.2) is 23.7 Å². The number of carbonyl (C=O) groups is 1. The van der Waals surface area contributed by atoms with Crippen molar-refractivity contribution >= 4 is 5.91 Å². The Morgan fingerprint density at radius 2 is 2.00 bits per heavy atom. The molecular formula is C17H25NO2. The van der Waals surface area contributed by atoms with Gasteiger partial charge in [0.05, 0.1) is 6.10 Å². The van der Waals surface area contributed by atoms with Crippen LogP contribution in [0.25, 0.3) is 0 Å². The van der Waals surface area contributed by atoms with Crippen LogP contribution in [0.3, 0.4) is 0 Å². The molecule has 0 bridgehead atoms. The third-order valence-corrected chi connectivity index (χ3v) is 4.04. The summed E-state index contributed by atoms with van der Waals surface area (Å²) in [6.45, 7) is 7.01. The van der Waals surface area contributed by atoms with Gasteiger partial charge in [-0.25, -0.2) is 0 Å². The van der Waals surface area contributed by atoms with Crippen molar-refractivity contribution in [3.8, 4) is 0 Å². The first-order valence-corrected chi connectivity index (χ1v) is 7.43. The Morgan fingerprint density at radius 1 is 1.30 bits per heavy atom. The molecule has 1 amide bonds. The second-order valence-electron chi connectivity index (χ2n) is 6.84. The molecule has 2 N–H and O–H groups in total. The van der Waals surface area contributed by atoms with E-state index < -0.39 is 0 Å². The maximum atomic E-state index is 12.4. The summed E-state index contributed by atoms with van der Waals surface area (Å²) in [4.78, 5) is 12.4. The van der Waals surface area contributed by atoms with Crippen molar-refractivity contribution < 1.29 is 9.90 Å². The Balaban J connectivity index is 2.02. The molecule has 3 nitrogen and oxygen atoms in total. The smallest absolute Gasteiger partial charge is 0.251 e. The van der Waals surface area contributed by atoms with E-state index >= 15 is 0 Å². The molecule has 2 rings (SSSR count). The van der Waals surface area contributed by atoms with Crippen molar-refractivity contribution in [2.45, 2.75) is 51.6 Å². The van der Waals surface area contributed by atoms with E-state index in [9.17, 15) is 9.90 Å². The number of aliphatic hydroxyl groups excluding tert-OH is 1. The number of rotatable bonds is 3. The zero-order valence-corrected chi connectivity index (χ0v) is 12.6. The van der Waals surface area contributed by atoms with Gasteiger partial charge in [0.2, 0.25) is 0 Å². The molecule has 0 saturated heterocycles. The molecule has 3 heteroatoms. The Labute approximate surface area is 121 Å². The Hall–Kier alpha value is -1.35. The lowest BCUT2D eigenvalue weighted by atomic mass is 9.83. The van der Waals surface area contributed by atoms with E-state index in [1.807, 2.05) is 24.3 Å². The summed E-state index contributed by atoms with van der Waals surface area (Å²) in [7, 11) is 0. The van der Waals surface area contributed by atoms with Gasteiger partial charge in [0.1, 0.15) is 0 Å². The van der Waals surface area contributed by atoms with Gasteiger partial charge in [-0.1, -0.05) is 39.0 Å². The van der Waals surface area contributed by atoms with Crippen LogP contribution < -0.4 is 5.32 Å². The first-order chi connectivity index (χ1) is 9.38. The summed E-state index contributed by atoms with van der Waals surface area (Å²) in [6, 6.07) is 7.79. The highest BCUT2D eigenvalue weighted by molar-refractivity contribution is 5.96. The monoisotopic (exact) mass is 275 g/mol. The van der Waals surface area contributed by atoms with E-state index in [1.165, 1.54) is 0 Å². The highest BCUT2D eigenvalue weighted by atomic mass is 16.3. The predicted molar refractivity (Wildman–Crippen MR) is 80.8 cm³/mol. The normalized spacial score (nSPS) is 22.8. The first kappa shape index (κ1) is 15.0. The lowest BCUT2D eigenvalue weighted by Gasteiger charge is -2.22. The molecule has 110 valence electrons. The highest BCUT2D eigenvalue weighted by Gasteiger charge is 2.25. The second-order valence-corrected chi connectivity index (χ2v) is 6.84. The van der Waals surface area contributed by atoms with Crippen LogP contribution in [0.15, 0.2) is 24.3 Å². The fourth-order valence-electron chi connectivity index (χ4n) is 2.90. The van der Waals surface area contributed by atoms with Crippen molar-refractivity contribution in [3.63, 3.8) is 0 Å². The van der Waals surface area contributed by atoms with Gasteiger partial charge >= 0.3 is 0 Å². The van der Waals surface area contributed by atoms with Crippen molar-refractivity contribution in [1.29, 1.82) is 0 Å². The van der Waals surface area contributed by atoms with Crippen LogP contribution in [0.4, 0.5) is 0 Å². The highest BCUT2D eigenvalue weighted by Crippen LogP contribution is 2.27. The standard InChI is InChI=1S/C17H25NO2/c1-17(2,3)15-7-5-4-6-14(15)16(20)18-11-12-8-9-13(19)10-12/h4-7,12-13,19H,8-11H2,1-3H3,(H,18,20). The molecule has 1 aromatic rings. The van der Waals surface area contributed by atoms with Crippen molar-refractivity contribution in [2.75, 3.05) is 6.54 Å². The molecule has 1 aliphatic rings. The fourth-order valence-corrected chi connectivity index (χ4v) is 2.90. The summed E-state index contributed by atoms with van der Waals surface area (Å²) in [5.41, 5.74) is 1.79. The number of aliphatic hydroxyl groups is 1. The van der Waals surface area contributed by atoms with Crippen molar-refractivity contribution in [2.24, 2.45) is 5.92 Å². The number of hydrogen-bond donors (Lipinski definition) is 2. The topological polar surface area (TPSA) is 49.3 Å². The molecule has 0 radical (unpaired) electrons. The number of benzene rings is 1. The minimum atomic E-state index is -0.182. The van der Waals surface area contributed by atoms with Gasteiger partial charge in [-0.3, -0.25) is 4.79 Å². The average Bonchev–Trinajstić information content (AvgIpc) is 2.81. The van der Waals surface area contributed by atoms with Gasteiger partial charge < -0.3 is 10.4 Å². The van der Waals surface area contributed by atoms with E-state index in [0.717, 1.165) is 30.4 Å². The van der Waals surface area contributed by atoms with Gasteiger partial charge in [0.25, 0.3) is 5.91 Å². The van der Waals surface area contributed by atoms with Crippen LogP contribution >= 0.6 is 0 Å². The molecule has 0 aromatic heterocycles. The Morgan fingerprint density at radius 3 is 2.60 bits per heavy atom. The van der Waals surface area contributed by atoms with Gasteiger partial charge in [-0.2, -0.15) is 0 Å². The molecule has 0 heterocycles. The molecule has 2 unspecified atom stereocenters. The van der Waals surface area contributed by atoms with E-state index in [-0.39, 0.29) is 17.4 Å². The number of amides is 1. The average molecular weight is 275 g/mol. The third-order valence-electron chi connectivity index (χ3n) is 4.04. The maximum Gasteiger partial charge on any atom is 0.251 e. The summed E-state index contributed by atoms with van der Waals surface area (Å²) >= 11 is 0. The number of hydrogen-bond acceptors (Lipinski definition) is 2. The van der Waals surface area contributed by atoms with Gasteiger partial charge in [0, 0.05) is 12.1 Å². The predicted octanol–water partition coefficient (Wildman–Crippen LogP) is 2.87. The zero-order chi connectivity index (χ0) is 14.8. The molecule has 1 aromatic carbocycles. The third kappa shape index (κ3) is 3.60. The molecule has 2 atom stereocenters. The van der Waals surface area contributed by atoms with E-state index in [1.54, 1.807) is 0 Å². The SMILES string of the molecule is CC(C)(C)c1ccccc1C(=O)NCC1CCC(O)C1. The van der Waals surface area contributed by atoms with E-state index in [4.69, 9.17) is 0 Å². The molecule has 0 spiro atoms. The summed E-state index contributed by atoms with van der Waals surface area (Å²) < 4.78 is 0. The van der Waals surface area contributed by atoms with Crippen LogP contribution in [0.1, 0.15) is 56.0 Å². The lowest BCUT2D eigenvalue weighted by molar-refractivity contribution is 0.0943. The minimum Gasteiger partial charge on any atom is -0.393 e. The summed E-state index contributed by atoms with van der Waals surface area (Å²) in [6.07, 6.45) is 2.49. The van der Waals surface area contributed by atoms with E-state index in [0.29, 0.717) is 12.5 Å². The van der Waals surface area contributed by atoms with Gasteiger partial charge in [-0.15, -0.1) is 0 Å². The quantitative estimate of drug-likeness (QED) is 0.891. The number of carbonyl (C=O) groups excluding carboxylic acids is 1.